The number of aromatic nitrogens is 1. The molecule has 1 N–H and O–H groups in total. The molecule has 0 aliphatic heterocycles. The Labute approximate surface area is 91.8 Å². The maximum atomic E-state index is 10.1. The van der Waals surface area contributed by atoms with Crippen molar-refractivity contribution in [2.45, 2.75) is 6.54 Å². The van der Waals surface area contributed by atoms with Gasteiger partial charge in [-0.15, -0.1) is 11.3 Å². The fraction of sp³-hybridized carbons (Fsp3) is 0.0909. The Kier molecular flexibility index (Phi) is 3.09. The van der Waals surface area contributed by atoms with Crippen molar-refractivity contribution in [3.8, 4) is 10.4 Å². The van der Waals surface area contributed by atoms with Crippen LogP contribution < -0.4 is 5.32 Å². The maximum absolute atomic E-state index is 10.1. The molecule has 3 nitrogen and oxygen atoms in total. The fourth-order valence-corrected chi connectivity index (χ4v) is 1.93. The number of thiazole rings is 1. The molecule has 76 valence electrons. The molecule has 1 amide bonds. The summed E-state index contributed by atoms with van der Waals surface area (Å²) < 4.78 is 0. The van der Waals surface area contributed by atoms with Crippen LogP contribution in [0.4, 0.5) is 0 Å². The van der Waals surface area contributed by atoms with Gasteiger partial charge in [0.15, 0.2) is 0 Å². The second kappa shape index (κ2) is 4.70. The topological polar surface area (TPSA) is 42.0 Å². The van der Waals surface area contributed by atoms with Gasteiger partial charge in [-0.25, -0.2) is 0 Å². The first-order chi connectivity index (χ1) is 7.40. The minimum absolute atomic E-state index is 0.576. The molecule has 0 radical (unpaired) electrons. The molecule has 0 bridgehead atoms. The van der Waals surface area contributed by atoms with Crippen molar-refractivity contribution in [1.29, 1.82) is 0 Å². The molecule has 0 aliphatic carbocycles. The number of amides is 1. The summed E-state index contributed by atoms with van der Waals surface area (Å²) in [6.07, 6.45) is 2.56. The smallest absolute Gasteiger partial charge is 0.207 e. The van der Waals surface area contributed by atoms with Crippen molar-refractivity contribution in [3.05, 3.63) is 41.5 Å². The van der Waals surface area contributed by atoms with Crippen LogP contribution in [-0.2, 0) is 11.3 Å². The van der Waals surface area contributed by atoms with Crippen LogP contribution in [0.15, 0.2) is 36.0 Å². The molecule has 1 aromatic heterocycles. The molecule has 0 saturated heterocycles. The van der Waals surface area contributed by atoms with Crippen LogP contribution >= 0.6 is 11.3 Å². The largest absolute Gasteiger partial charge is 0.355 e. The number of hydrogen-bond donors (Lipinski definition) is 1. The number of nitrogens with zero attached hydrogens (tertiary/aromatic N) is 1. The second-order valence-electron chi connectivity index (χ2n) is 3.06. The molecule has 1 aromatic carbocycles. The standard InChI is InChI=1S/C11H10N2OS/c14-7-12-5-9-1-3-10(4-2-9)11-6-13-8-15-11/h1-4,6-8H,5H2,(H,12,14). The van der Waals surface area contributed by atoms with Crippen LogP contribution in [-0.4, -0.2) is 11.4 Å². The van der Waals surface area contributed by atoms with Gasteiger partial charge in [-0.1, -0.05) is 24.3 Å². The lowest BCUT2D eigenvalue weighted by molar-refractivity contribution is -0.109. The van der Waals surface area contributed by atoms with Gasteiger partial charge >= 0.3 is 0 Å². The summed E-state index contributed by atoms with van der Waals surface area (Å²) in [7, 11) is 0. The van der Waals surface area contributed by atoms with Crippen LogP contribution in [0.2, 0.25) is 0 Å². The Morgan fingerprint density at radius 1 is 1.33 bits per heavy atom. The van der Waals surface area contributed by atoms with Gasteiger partial charge < -0.3 is 5.32 Å². The zero-order valence-electron chi connectivity index (χ0n) is 8.01. The van der Waals surface area contributed by atoms with E-state index in [0.717, 1.165) is 16.0 Å². The van der Waals surface area contributed by atoms with Crippen molar-refractivity contribution in [3.63, 3.8) is 0 Å². The predicted octanol–water partition coefficient (Wildman–Crippen LogP) is 2.06. The highest BCUT2D eigenvalue weighted by Gasteiger charge is 1.98. The molecule has 1 heterocycles. The summed E-state index contributed by atoms with van der Waals surface area (Å²) in [6, 6.07) is 8.09. The third-order valence-electron chi connectivity index (χ3n) is 2.06. The van der Waals surface area contributed by atoms with Gasteiger partial charge in [-0.3, -0.25) is 9.78 Å². The molecule has 4 heteroatoms. The monoisotopic (exact) mass is 218 g/mol. The molecular weight excluding hydrogens is 208 g/mol. The van der Waals surface area contributed by atoms with Crippen LogP contribution in [0.3, 0.4) is 0 Å². The Balaban J connectivity index is 2.14. The number of benzene rings is 1. The number of rotatable bonds is 4. The van der Waals surface area contributed by atoms with Crippen LogP contribution in [0, 0.1) is 0 Å². The predicted molar refractivity (Wildman–Crippen MR) is 60.5 cm³/mol. The normalized spacial score (nSPS) is 9.87. The minimum Gasteiger partial charge on any atom is -0.355 e. The molecule has 0 spiro atoms. The number of carbonyl (C=O) groups excluding carboxylic acids is 1. The molecule has 0 unspecified atom stereocenters. The maximum Gasteiger partial charge on any atom is 0.207 e. The zero-order valence-corrected chi connectivity index (χ0v) is 8.83. The number of hydrogen-bond acceptors (Lipinski definition) is 3. The van der Waals surface area contributed by atoms with Crippen molar-refractivity contribution < 1.29 is 4.79 Å². The Morgan fingerprint density at radius 3 is 2.73 bits per heavy atom. The van der Waals surface area contributed by atoms with Crippen molar-refractivity contribution in [2.75, 3.05) is 0 Å². The first-order valence-corrected chi connectivity index (χ1v) is 5.43. The average molecular weight is 218 g/mol. The van der Waals surface area contributed by atoms with E-state index < -0.39 is 0 Å². The van der Waals surface area contributed by atoms with Gasteiger partial charge in [0.05, 0.1) is 10.4 Å². The van der Waals surface area contributed by atoms with E-state index in [9.17, 15) is 4.79 Å². The molecule has 0 fully saturated rings. The van der Waals surface area contributed by atoms with Gasteiger partial charge in [-0.05, 0) is 11.1 Å². The van der Waals surface area contributed by atoms with Gasteiger partial charge in [-0.2, -0.15) is 0 Å². The van der Waals surface area contributed by atoms with E-state index >= 15 is 0 Å². The lowest BCUT2D eigenvalue weighted by atomic mass is 10.1. The lowest BCUT2D eigenvalue weighted by Gasteiger charge is -2.01. The van der Waals surface area contributed by atoms with E-state index in [1.54, 1.807) is 11.3 Å². The molecule has 2 aromatic rings. The Morgan fingerprint density at radius 2 is 2.13 bits per heavy atom. The highest BCUT2D eigenvalue weighted by molar-refractivity contribution is 7.13. The molecular formula is C11H10N2OS. The van der Waals surface area contributed by atoms with Crippen molar-refractivity contribution in [2.24, 2.45) is 0 Å². The van der Waals surface area contributed by atoms with E-state index in [1.807, 2.05) is 36.0 Å². The van der Waals surface area contributed by atoms with E-state index in [1.165, 1.54) is 0 Å². The van der Waals surface area contributed by atoms with E-state index in [-0.39, 0.29) is 0 Å². The summed E-state index contributed by atoms with van der Waals surface area (Å²) in [4.78, 5) is 15.3. The third kappa shape index (κ3) is 2.41. The van der Waals surface area contributed by atoms with E-state index in [2.05, 4.69) is 10.3 Å². The van der Waals surface area contributed by atoms with Crippen molar-refractivity contribution in [1.82, 2.24) is 10.3 Å². The third-order valence-corrected chi connectivity index (χ3v) is 2.88. The molecule has 0 saturated carbocycles. The second-order valence-corrected chi connectivity index (χ2v) is 3.95. The van der Waals surface area contributed by atoms with E-state index in [0.29, 0.717) is 13.0 Å². The zero-order chi connectivity index (χ0) is 10.5. The highest BCUT2D eigenvalue weighted by atomic mass is 32.1. The Hall–Kier alpha value is -1.68. The van der Waals surface area contributed by atoms with Crippen molar-refractivity contribution >= 4 is 17.7 Å². The summed E-state index contributed by atoms with van der Waals surface area (Å²) in [5.74, 6) is 0. The summed E-state index contributed by atoms with van der Waals surface area (Å²) in [5, 5.41) is 2.63. The first-order valence-electron chi connectivity index (χ1n) is 4.55. The molecule has 15 heavy (non-hydrogen) atoms. The van der Waals surface area contributed by atoms with Gasteiger partial charge in [0.1, 0.15) is 0 Å². The van der Waals surface area contributed by atoms with Gasteiger partial charge in [0.2, 0.25) is 6.41 Å². The van der Waals surface area contributed by atoms with Crippen LogP contribution in [0.5, 0.6) is 0 Å². The Bertz CT molecular complexity index is 422. The average Bonchev–Trinajstić information content (AvgIpc) is 2.80. The highest BCUT2D eigenvalue weighted by Crippen LogP contribution is 2.23. The lowest BCUT2D eigenvalue weighted by Crippen LogP contribution is -2.09. The summed E-state index contributed by atoms with van der Waals surface area (Å²) in [6.45, 7) is 0.576. The first kappa shape index (κ1) is 9.86. The van der Waals surface area contributed by atoms with Gasteiger partial charge in [0, 0.05) is 12.7 Å². The van der Waals surface area contributed by atoms with Crippen LogP contribution in [0.25, 0.3) is 10.4 Å². The molecule has 0 atom stereocenters. The number of carbonyl (C=O) groups is 1. The molecule has 2 rings (SSSR count). The molecule has 0 aliphatic rings. The van der Waals surface area contributed by atoms with Gasteiger partial charge in [0.25, 0.3) is 0 Å². The summed E-state index contributed by atoms with van der Waals surface area (Å²) in [5.41, 5.74) is 4.07. The quantitative estimate of drug-likeness (QED) is 0.798. The number of nitrogens with one attached hydrogen (secondary N) is 1. The summed E-state index contributed by atoms with van der Waals surface area (Å²) >= 11 is 1.62. The SMILES string of the molecule is O=CNCc1ccc(-c2cncs2)cc1. The minimum atomic E-state index is 0.576. The van der Waals surface area contributed by atoms with Crippen LogP contribution in [0.1, 0.15) is 5.56 Å². The van der Waals surface area contributed by atoms with E-state index in [4.69, 9.17) is 0 Å². The fourth-order valence-electron chi connectivity index (χ4n) is 1.30.